The Morgan fingerprint density at radius 2 is 1.96 bits per heavy atom. The highest BCUT2D eigenvalue weighted by Crippen LogP contribution is 2.35. The van der Waals surface area contributed by atoms with Crippen LogP contribution in [0.3, 0.4) is 0 Å². The van der Waals surface area contributed by atoms with E-state index in [2.05, 4.69) is 10.3 Å². The summed E-state index contributed by atoms with van der Waals surface area (Å²) in [6.45, 7) is 0.0761. The summed E-state index contributed by atoms with van der Waals surface area (Å²) >= 11 is 0. The molecule has 0 saturated heterocycles. The van der Waals surface area contributed by atoms with E-state index in [0.717, 1.165) is 34.1 Å². The van der Waals surface area contributed by atoms with E-state index in [0.29, 0.717) is 5.75 Å². The average molecular weight is 361 g/mol. The van der Waals surface area contributed by atoms with Crippen LogP contribution < -0.4 is 19.7 Å². The van der Waals surface area contributed by atoms with Crippen LogP contribution in [0.25, 0.3) is 11.1 Å². The predicted octanol–water partition coefficient (Wildman–Crippen LogP) is 3.86. The second kappa shape index (κ2) is 6.99. The molecule has 1 aromatic heterocycles. The van der Waals surface area contributed by atoms with E-state index in [4.69, 9.17) is 9.47 Å². The maximum Gasteiger partial charge on any atom is 0.264 e. The molecule has 0 aliphatic carbocycles. The van der Waals surface area contributed by atoms with E-state index in [1.54, 1.807) is 25.3 Å². The van der Waals surface area contributed by atoms with Crippen molar-refractivity contribution >= 4 is 23.1 Å². The molecular weight excluding hydrogens is 342 g/mol. The summed E-state index contributed by atoms with van der Waals surface area (Å²) in [6.07, 6.45) is 1.75. The summed E-state index contributed by atoms with van der Waals surface area (Å²) in [4.78, 5) is 17.9. The van der Waals surface area contributed by atoms with Gasteiger partial charge in [-0.1, -0.05) is 12.1 Å². The zero-order valence-electron chi connectivity index (χ0n) is 15.1. The molecule has 0 spiro atoms. The van der Waals surface area contributed by atoms with Gasteiger partial charge in [-0.05, 0) is 47.5 Å². The molecule has 0 atom stereocenters. The predicted molar refractivity (Wildman–Crippen MR) is 105 cm³/mol. The molecule has 136 valence electrons. The van der Waals surface area contributed by atoms with Gasteiger partial charge in [0.15, 0.2) is 6.61 Å². The number of aromatic nitrogens is 1. The van der Waals surface area contributed by atoms with Crippen LogP contribution in [0.1, 0.15) is 0 Å². The topological polar surface area (TPSA) is 63.7 Å². The molecule has 6 nitrogen and oxygen atoms in total. The first-order chi connectivity index (χ1) is 13.1. The Kier molecular flexibility index (Phi) is 4.38. The lowest BCUT2D eigenvalue weighted by Crippen LogP contribution is -2.35. The maximum atomic E-state index is 11.9. The minimum atomic E-state index is -0.0604. The van der Waals surface area contributed by atoms with Crippen molar-refractivity contribution < 1.29 is 14.3 Å². The van der Waals surface area contributed by atoms with Crippen molar-refractivity contribution in [2.75, 3.05) is 31.0 Å². The number of nitrogens with zero attached hydrogens (tertiary/aromatic N) is 2. The van der Waals surface area contributed by atoms with Crippen molar-refractivity contribution in [3.8, 4) is 22.6 Å². The van der Waals surface area contributed by atoms with Gasteiger partial charge >= 0.3 is 0 Å². The summed E-state index contributed by atoms with van der Waals surface area (Å²) in [5.41, 5.74) is 3.63. The summed E-state index contributed by atoms with van der Waals surface area (Å²) in [7, 11) is 3.40. The lowest BCUT2D eigenvalue weighted by Gasteiger charge is -2.26. The highest BCUT2D eigenvalue weighted by molar-refractivity contribution is 5.98. The third kappa shape index (κ3) is 3.42. The lowest BCUT2D eigenvalue weighted by atomic mass is 10.0. The quantitative estimate of drug-likeness (QED) is 0.765. The molecule has 3 aromatic rings. The van der Waals surface area contributed by atoms with E-state index in [1.807, 2.05) is 54.6 Å². The second-order valence-electron chi connectivity index (χ2n) is 6.21. The first kappa shape index (κ1) is 16.9. The number of amides is 1. The summed E-state index contributed by atoms with van der Waals surface area (Å²) < 4.78 is 10.7. The van der Waals surface area contributed by atoms with Crippen LogP contribution in [0.5, 0.6) is 11.5 Å². The molecule has 4 rings (SSSR count). The number of ether oxygens (including phenoxy) is 2. The zero-order valence-corrected chi connectivity index (χ0v) is 15.1. The molecule has 2 heterocycles. The van der Waals surface area contributed by atoms with Crippen molar-refractivity contribution in [1.29, 1.82) is 0 Å². The monoisotopic (exact) mass is 361 g/mol. The first-order valence-electron chi connectivity index (χ1n) is 8.55. The molecule has 6 heteroatoms. The van der Waals surface area contributed by atoms with E-state index >= 15 is 0 Å². The van der Waals surface area contributed by atoms with Crippen molar-refractivity contribution in [3.05, 3.63) is 60.8 Å². The van der Waals surface area contributed by atoms with Crippen LogP contribution in [0, 0.1) is 0 Å². The van der Waals surface area contributed by atoms with Crippen molar-refractivity contribution in [2.45, 2.75) is 0 Å². The highest BCUT2D eigenvalue weighted by atomic mass is 16.5. The van der Waals surface area contributed by atoms with Gasteiger partial charge in [-0.15, -0.1) is 0 Å². The molecule has 0 unspecified atom stereocenters. The standard InChI is InChI=1S/C21H19N3O3/c1-24-18-10-14(6-7-19(18)27-13-21(24)25)15-8-9-22-20(11-15)23-16-4-3-5-17(12-16)26-2/h3-12H,13H2,1-2H3,(H,22,23). The molecular formula is C21H19N3O3. The molecule has 1 N–H and O–H groups in total. The molecule has 0 fully saturated rings. The van der Waals surface area contributed by atoms with Crippen LogP contribution in [-0.4, -0.2) is 31.7 Å². The largest absolute Gasteiger partial charge is 0.497 e. The molecule has 27 heavy (non-hydrogen) atoms. The molecule has 0 saturated carbocycles. The van der Waals surface area contributed by atoms with Gasteiger partial charge in [-0.2, -0.15) is 0 Å². The SMILES string of the molecule is COc1cccc(Nc2cc(-c3ccc4c(c3)N(C)C(=O)CO4)ccn2)c1. The third-order valence-electron chi connectivity index (χ3n) is 4.48. The van der Waals surface area contributed by atoms with Crippen LogP contribution in [-0.2, 0) is 4.79 Å². The molecule has 1 aliphatic rings. The van der Waals surface area contributed by atoms with Crippen LogP contribution in [0.4, 0.5) is 17.2 Å². The van der Waals surface area contributed by atoms with Gasteiger partial charge in [0.1, 0.15) is 17.3 Å². The molecule has 1 aliphatic heterocycles. The van der Waals surface area contributed by atoms with Gasteiger partial charge in [0.05, 0.1) is 12.8 Å². The summed E-state index contributed by atoms with van der Waals surface area (Å²) in [5, 5.41) is 3.29. The zero-order chi connectivity index (χ0) is 18.8. The number of likely N-dealkylation sites (N-methyl/N-ethyl adjacent to an activating group) is 1. The van der Waals surface area contributed by atoms with Gasteiger partial charge in [-0.3, -0.25) is 4.79 Å². The third-order valence-corrected chi connectivity index (χ3v) is 4.48. The van der Waals surface area contributed by atoms with E-state index in [9.17, 15) is 4.79 Å². The average Bonchev–Trinajstić information content (AvgIpc) is 2.71. The minimum Gasteiger partial charge on any atom is -0.497 e. The fourth-order valence-corrected chi connectivity index (χ4v) is 2.98. The Balaban J connectivity index is 1.64. The van der Waals surface area contributed by atoms with Gasteiger partial charge < -0.3 is 19.7 Å². The molecule has 1 amide bonds. The number of methoxy groups -OCH3 is 1. The Morgan fingerprint density at radius 1 is 1.11 bits per heavy atom. The highest BCUT2D eigenvalue weighted by Gasteiger charge is 2.22. The van der Waals surface area contributed by atoms with Crippen molar-refractivity contribution in [3.63, 3.8) is 0 Å². The number of nitrogens with one attached hydrogen (secondary N) is 1. The number of benzene rings is 2. The summed E-state index contributed by atoms with van der Waals surface area (Å²) in [6, 6.07) is 17.4. The molecule has 0 bridgehead atoms. The number of pyridine rings is 1. The summed E-state index contributed by atoms with van der Waals surface area (Å²) in [5.74, 6) is 2.15. The molecule has 2 aromatic carbocycles. The number of carbonyl (C=O) groups excluding carboxylic acids is 1. The fourth-order valence-electron chi connectivity index (χ4n) is 2.98. The Bertz CT molecular complexity index is 1000. The van der Waals surface area contributed by atoms with Crippen LogP contribution in [0.15, 0.2) is 60.8 Å². The Morgan fingerprint density at radius 3 is 2.81 bits per heavy atom. The normalized spacial score (nSPS) is 13.0. The molecule has 0 radical (unpaired) electrons. The Hall–Kier alpha value is -3.54. The van der Waals surface area contributed by atoms with Crippen molar-refractivity contribution in [1.82, 2.24) is 4.98 Å². The first-order valence-corrected chi connectivity index (χ1v) is 8.55. The smallest absolute Gasteiger partial charge is 0.264 e. The van der Waals surface area contributed by atoms with E-state index in [1.165, 1.54) is 0 Å². The van der Waals surface area contributed by atoms with Gasteiger partial charge in [0, 0.05) is 25.0 Å². The number of anilines is 3. The number of hydrogen-bond donors (Lipinski definition) is 1. The Labute approximate surface area is 157 Å². The second-order valence-corrected chi connectivity index (χ2v) is 6.21. The number of carbonyl (C=O) groups is 1. The minimum absolute atomic E-state index is 0.0604. The van der Waals surface area contributed by atoms with Gasteiger partial charge in [0.25, 0.3) is 5.91 Å². The number of hydrogen-bond acceptors (Lipinski definition) is 5. The van der Waals surface area contributed by atoms with E-state index < -0.39 is 0 Å². The maximum absolute atomic E-state index is 11.9. The van der Waals surface area contributed by atoms with E-state index in [-0.39, 0.29) is 12.5 Å². The van der Waals surface area contributed by atoms with Gasteiger partial charge in [-0.25, -0.2) is 4.98 Å². The van der Waals surface area contributed by atoms with Crippen molar-refractivity contribution in [2.24, 2.45) is 0 Å². The lowest BCUT2D eigenvalue weighted by molar-refractivity contribution is -0.120. The fraction of sp³-hybridized carbons (Fsp3) is 0.143. The van der Waals surface area contributed by atoms with Crippen LogP contribution >= 0.6 is 0 Å². The number of fused-ring (bicyclic) bond motifs is 1. The van der Waals surface area contributed by atoms with Crippen LogP contribution in [0.2, 0.25) is 0 Å². The van der Waals surface area contributed by atoms with Gasteiger partial charge in [0.2, 0.25) is 0 Å². The number of rotatable bonds is 4.